The number of anilines is 1. The third-order valence-corrected chi connectivity index (χ3v) is 5.74. The van der Waals surface area contributed by atoms with Crippen molar-refractivity contribution in [2.24, 2.45) is 5.92 Å². The molecule has 1 aliphatic rings. The zero-order chi connectivity index (χ0) is 17.2. The lowest BCUT2D eigenvalue weighted by Crippen LogP contribution is -2.20. The molecule has 0 saturated heterocycles. The number of nitrogens with one attached hydrogen (secondary N) is 2. The van der Waals surface area contributed by atoms with Gasteiger partial charge in [0.05, 0.1) is 5.52 Å². The van der Waals surface area contributed by atoms with Crippen molar-refractivity contribution in [1.82, 2.24) is 10.2 Å². The Morgan fingerprint density at radius 2 is 2.00 bits per heavy atom. The van der Waals surface area contributed by atoms with Crippen LogP contribution in [0.5, 0.6) is 0 Å². The number of benzene rings is 2. The van der Waals surface area contributed by atoms with Crippen molar-refractivity contribution in [3.05, 3.63) is 42.5 Å². The van der Waals surface area contributed by atoms with Crippen LogP contribution in [0.1, 0.15) is 25.7 Å². The molecule has 3 aromatic rings. The van der Waals surface area contributed by atoms with E-state index in [2.05, 4.69) is 58.2 Å². The van der Waals surface area contributed by atoms with Gasteiger partial charge in [0.15, 0.2) is 5.82 Å². The summed E-state index contributed by atoms with van der Waals surface area (Å²) in [4.78, 5) is 13.6. The van der Waals surface area contributed by atoms with Crippen LogP contribution in [0.15, 0.2) is 47.4 Å². The van der Waals surface area contributed by atoms with Crippen molar-refractivity contribution in [3.63, 3.8) is 0 Å². The van der Waals surface area contributed by atoms with Crippen LogP contribution in [0.4, 0.5) is 5.82 Å². The summed E-state index contributed by atoms with van der Waals surface area (Å²) in [5.74, 6) is 0.874. The maximum Gasteiger partial charge on any atom is 0.228 e. The summed E-state index contributed by atoms with van der Waals surface area (Å²) in [7, 11) is 0. The van der Waals surface area contributed by atoms with Gasteiger partial charge in [-0.05, 0) is 48.4 Å². The molecule has 2 aromatic carbocycles. The molecular weight excluding hydrogens is 330 g/mol. The Bertz CT molecular complexity index is 912. The lowest BCUT2D eigenvalue weighted by atomic mass is 10.0. The average Bonchev–Trinajstić information content (AvgIpc) is 3.31. The van der Waals surface area contributed by atoms with Gasteiger partial charge in [0, 0.05) is 16.2 Å². The number of nitrogens with zero attached hydrogens (tertiary/aromatic N) is 1. The van der Waals surface area contributed by atoms with Gasteiger partial charge in [-0.15, -0.1) is 11.8 Å². The monoisotopic (exact) mass is 351 g/mol. The molecule has 0 unspecified atom stereocenters. The highest BCUT2D eigenvalue weighted by Gasteiger charge is 2.23. The molecule has 0 bridgehead atoms. The van der Waals surface area contributed by atoms with Gasteiger partial charge in [0.2, 0.25) is 5.91 Å². The Hall–Kier alpha value is -2.27. The van der Waals surface area contributed by atoms with E-state index in [9.17, 15) is 4.79 Å². The van der Waals surface area contributed by atoms with Crippen molar-refractivity contribution >= 4 is 34.4 Å². The first-order chi connectivity index (χ1) is 12.3. The molecule has 1 heterocycles. The normalized spacial score (nSPS) is 14.9. The van der Waals surface area contributed by atoms with Gasteiger partial charge in [-0.1, -0.05) is 37.1 Å². The topological polar surface area (TPSA) is 57.8 Å². The van der Waals surface area contributed by atoms with Crippen LogP contribution in [0.3, 0.4) is 0 Å². The number of aromatic nitrogens is 2. The quantitative estimate of drug-likeness (QED) is 0.644. The predicted molar refractivity (Wildman–Crippen MR) is 104 cm³/mol. The molecule has 1 fully saturated rings. The van der Waals surface area contributed by atoms with Crippen molar-refractivity contribution in [1.29, 1.82) is 0 Å². The second kappa shape index (κ2) is 6.92. The minimum atomic E-state index is 0.0997. The summed E-state index contributed by atoms with van der Waals surface area (Å²) in [6.45, 7) is 0. The Kier molecular flexibility index (Phi) is 4.49. The second-order valence-electron chi connectivity index (χ2n) is 6.50. The van der Waals surface area contributed by atoms with Gasteiger partial charge >= 0.3 is 0 Å². The molecule has 5 heteroatoms. The fourth-order valence-electron chi connectivity index (χ4n) is 3.57. The average molecular weight is 351 g/mol. The highest BCUT2D eigenvalue weighted by Crippen LogP contribution is 2.33. The lowest BCUT2D eigenvalue weighted by Gasteiger charge is -2.09. The fourth-order valence-corrected chi connectivity index (χ4v) is 4.19. The number of thioether (sulfide) groups is 1. The molecular formula is C20H21N3OS. The van der Waals surface area contributed by atoms with E-state index < -0.39 is 0 Å². The van der Waals surface area contributed by atoms with Crippen molar-refractivity contribution < 1.29 is 4.79 Å². The summed E-state index contributed by atoms with van der Waals surface area (Å²) < 4.78 is 0. The molecule has 1 saturated carbocycles. The zero-order valence-electron chi connectivity index (χ0n) is 14.2. The number of amides is 1. The van der Waals surface area contributed by atoms with Crippen LogP contribution in [0.25, 0.3) is 22.0 Å². The van der Waals surface area contributed by atoms with Gasteiger partial charge in [0.1, 0.15) is 0 Å². The maximum absolute atomic E-state index is 12.4. The molecule has 0 spiro atoms. The highest BCUT2D eigenvalue weighted by molar-refractivity contribution is 7.98. The third-order valence-electron chi connectivity index (χ3n) is 4.95. The van der Waals surface area contributed by atoms with Crippen LogP contribution in [-0.2, 0) is 4.79 Å². The third kappa shape index (κ3) is 3.16. The number of hydrogen-bond donors (Lipinski definition) is 2. The van der Waals surface area contributed by atoms with E-state index in [1.54, 1.807) is 11.8 Å². The van der Waals surface area contributed by atoms with Gasteiger partial charge in [-0.25, -0.2) is 0 Å². The SMILES string of the molecule is CSc1ccccc1-c1ccc2c(NC(=O)C3CCCC3)n[nH]c2c1. The van der Waals surface area contributed by atoms with E-state index in [1.165, 1.54) is 10.5 Å². The van der Waals surface area contributed by atoms with E-state index in [-0.39, 0.29) is 11.8 Å². The first-order valence-corrected chi connectivity index (χ1v) is 9.91. The first kappa shape index (κ1) is 16.2. The van der Waals surface area contributed by atoms with E-state index in [1.807, 2.05) is 6.07 Å². The van der Waals surface area contributed by atoms with Crippen molar-refractivity contribution in [2.75, 3.05) is 11.6 Å². The summed E-state index contributed by atoms with van der Waals surface area (Å²) in [5, 5.41) is 11.3. The largest absolute Gasteiger partial charge is 0.308 e. The number of carbonyl (C=O) groups excluding carboxylic acids is 1. The molecule has 25 heavy (non-hydrogen) atoms. The number of fused-ring (bicyclic) bond motifs is 1. The minimum Gasteiger partial charge on any atom is -0.308 e. The van der Waals surface area contributed by atoms with Gasteiger partial charge < -0.3 is 5.32 Å². The number of aromatic amines is 1. The standard InChI is InChI=1S/C20H21N3OS/c1-25-18-9-5-4-8-15(18)14-10-11-16-17(12-14)22-23-19(16)21-20(24)13-6-2-3-7-13/h4-5,8-13H,2-3,6-7H2,1H3,(H2,21,22,23,24). The highest BCUT2D eigenvalue weighted by atomic mass is 32.2. The smallest absolute Gasteiger partial charge is 0.228 e. The molecule has 0 aliphatic heterocycles. The first-order valence-electron chi connectivity index (χ1n) is 8.68. The van der Waals surface area contributed by atoms with Crippen molar-refractivity contribution in [3.8, 4) is 11.1 Å². The van der Waals surface area contributed by atoms with Crippen LogP contribution in [0, 0.1) is 5.92 Å². The van der Waals surface area contributed by atoms with Gasteiger partial charge in [-0.3, -0.25) is 9.89 Å². The zero-order valence-corrected chi connectivity index (χ0v) is 15.0. The molecule has 4 nitrogen and oxygen atoms in total. The minimum absolute atomic E-state index is 0.0997. The predicted octanol–water partition coefficient (Wildman–Crippen LogP) is 5.08. The number of carbonyl (C=O) groups is 1. The lowest BCUT2D eigenvalue weighted by molar-refractivity contribution is -0.119. The van der Waals surface area contributed by atoms with Gasteiger partial charge in [-0.2, -0.15) is 5.10 Å². The van der Waals surface area contributed by atoms with Crippen LogP contribution in [0.2, 0.25) is 0 Å². The molecule has 2 N–H and O–H groups in total. The molecule has 128 valence electrons. The Balaban J connectivity index is 1.64. The van der Waals surface area contributed by atoms with Crippen LogP contribution < -0.4 is 5.32 Å². The number of rotatable bonds is 4. The fraction of sp³-hybridized carbons (Fsp3) is 0.300. The second-order valence-corrected chi connectivity index (χ2v) is 7.35. The summed E-state index contributed by atoms with van der Waals surface area (Å²) in [6, 6.07) is 14.6. The van der Waals surface area contributed by atoms with Crippen molar-refractivity contribution in [2.45, 2.75) is 30.6 Å². The van der Waals surface area contributed by atoms with E-state index in [0.717, 1.165) is 42.1 Å². The summed E-state index contributed by atoms with van der Waals surface area (Å²) in [6.07, 6.45) is 6.37. The Morgan fingerprint density at radius 3 is 2.80 bits per heavy atom. The summed E-state index contributed by atoms with van der Waals surface area (Å²) >= 11 is 1.74. The van der Waals surface area contributed by atoms with E-state index in [0.29, 0.717) is 5.82 Å². The van der Waals surface area contributed by atoms with Crippen LogP contribution in [-0.4, -0.2) is 22.4 Å². The Labute approximate surface area is 151 Å². The molecule has 4 rings (SSSR count). The van der Waals surface area contributed by atoms with Crippen LogP contribution >= 0.6 is 11.8 Å². The van der Waals surface area contributed by atoms with Gasteiger partial charge in [0.25, 0.3) is 0 Å². The molecule has 0 atom stereocenters. The van der Waals surface area contributed by atoms with E-state index >= 15 is 0 Å². The molecule has 0 radical (unpaired) electrons. The maximum atomic E-state index is 12.4. The molecule has 1 amide bonds. The number of H-pyrrole nitrogens is 1. The summed E-state index contributed by atoms with van der Waals surface area (Å²) in [5.41, 5.74) is 3.30. The Morgan fingerprint density at radius 1 is 1.20 bits per heavy atom. The van der Waals surface area contributed by atoms with E-state index in [4.69, 9.17) is 0 Å². The molecule has 1 aromatic heterocycles. The number of hydrogen-bond acceptors (Lipinski definition) is 3. The molecule has 1 aliphatic carbocycles.